The van der Waals surface area contributed by atoms with Gasteiger partial charge in [-0.1, -0.05) is 113 Å². The van der Waals surface area contributed by atoms with E-state index in [1.54, 1.807) is 0 Å². The first kappa shape index (κ1) is 25.4. The molecule has 4 rings (SSSR count). The molecule has 2 nitrogen and oxygen atoms in total. The maximum atomic E-state index is 5.29. The molecule has 2 unspecified atom stereocenters. The molecule has 0 aromatic heterocycles. The standard InChI is InChI=1S/C33H42N2/c1-5-6-7-14-22-35-23-21-33(4,27(3)25-35)30-20-19-26(2)31(24-30)34-32(28-15-10-8-11-16-28)29-17-12-9-13-18-29/h8-13,15-20,24,27H,5-7,14,21-23,25H2,1-4H3. The van der Waals surface area contributed by atoms with Crippen molar-refractivity contribution in [2.75, 3.05) is 19.6 Å². The van der Waals surface area contributed by atoms with Crippen LogP contribution in [0.4, 0.5) is 5.69 Å². The SMILES string of the molecule is CCCCCCN1CCC(C)(c2ccc(C)c(N=C(c3ccccc3)c3ccccc3)c2)C(C)C1. The zero-order chi connectivity index (χ0) is 24.7. The first-order valence-corrected chi connectivity index (χ1v) is 13.5. The number of piperidine rings is 1. The van der Waals surface area contributed by atoms with Gasteiger partial charge >= 0.3 is 0 Å². The molecule has 184 valence electrons. The van der Waals surface area contributed by atoms with Crippen LogP contribution in [0.1, 0.15) is 75.1 Å². The molecule has 35 heavy (non-hydrogen) atoms. The van der Waals surface area contributed by atoms with Gasteiger partial charge in [-0.15, -0.1) is 0 Å². The Bertz CT molecular complexity index is 1060. The van der Waals surface area contributed by atoms with Crippen LogP contribution >= 0.6 is 0 Å². The fourth-order valence-electron chi connectivity index (χ4n) is 5.40. The Balaban J connectivity index is 1.61. The minimum Gasteiger partial charge on any atom is -0.303 e. The van der Waals surface area contributed by atoms with E-state index < -0.39 is 0 Å². The van der Waals surface area contributed by atoms with Crippen LogP contribution in [0.15, 0.2) is 83.9 Å². The lowest BCUT2D eigenvalue weighted by Crippen LogP contribution is -2.47. The van der Waals surface area contributed by atoms with E-state index in [9.17, 15) is 0 Å². The van der Waals surface area contributed by atoms with Crippen LogP contribution in [0, 0.1) is 12.8 Å². The summed E-state index contributed by atoms with van der Waals surface area (Å²) in [4.78, 5) is 7.98. The van der Waals surface area contributed by atoms with Crippen molar-refractivity contribution in [1.82, 2.24) is 4.90 Å². The second-order valence-electron chi connectivity index (χ2n) is 10.6. The Morgan fingerprint density at radius 1 is 0.914 bits per heavy atom. The van der Waals surface area contributed by atoms with Crippen LogP contribution in [-0.4, -0.2) is 30.2 Å². The molecule has 1 saturated heterocycles. The number of aliphatic imine (C=N–C) groups is 1. The summed E-state index contributed by atoms with van der Waals surface area (Å²) in [6.07, 6.45) is 6.58. The van der Waals surface area contributed by atoms with Gasteiger partial charge in [-0.05, 0) is 61.4 Å². The Kier molecular flexibility index (Phi) is 8.57. The lowest BCUT2D eigenvalue weighted by atomic mass is 9.68. The summed E-state index contributed by atoms with van der Waals surface area (Å²) >= 11 is 0. The minimum absolute atomic E-state index is 0.178. The van der Waals surface area contributed by atoms with Gasteiger partial charge in [-0.3, -0.25) is 0 Å². The number of hydrogen-bond donors (Lipinski definition) is 0. The van der Waals surface area contributed by atoms with E-state index in [0.29, 0.717) is 5.92 Å². The van der Waals surface area contributed by atoms with Crippen molar-refractivity contribution in [3.05, 3.63) is 101 Å². The van der Waals surface area contributed by atoms with Crippen LogP contribution < -0.4 is 0 Å². The van der Waals surface area contributed by atoms with Crippen LogP contribution in [0.2, 0.25) is 0 Å². The molecule has 2 atom stereocenters. The molecule has 1 heterocycles. The number of nitrogens with zero attached hydrogens (tertiary/aromatic N) is 2. The quantitative estimate of drug-likeness (QED) is 0.228. The number of rotatable bonds is 9. The number of benzene rings is 3. The highest BCUT2D eigenvalue weighted by Gasteiger charge is 2.38. The summed E-state index contributed by atoms with van der Waals surface area (Å²) in [5.41, 5.74) is 7.26. The van der Waals surface area contributed by atoms with Crippen LogP contribution in [-0.2, 0) is 5.41 Å². The van der Waals surface area contributed by atoms with Gasteiger partial charge in [0.25, 0.3) is 0 Å². The van der Waals surface area contributed by atoms with E-state index in [-0.39, 0.29) is 5.41 Å². The van der Waals surface area contributed by atoms with E-state index >= 15 is 0 Å². The zero-order valence-electron chi connectivity index (χ0n) is 22.1. The fraction of sp³-hybridized carbons (Fsp3) is 0.424. The zero-order valence-corrected chi connectivity index (χ0v) is 22.1. The van der Waals surface area contributed by atoms with Crippen molar-refractivity contribution in [1.29, 1.82) is 0 Å². The van der Waals surface area contributed by atoms with Crippen LogP contribution in [0.25, 0.3) is 0 Å². The molecule has 2 heteroatoms. The van der Waals surface area contributed by atoms with Gasteiger partial charge in [0, 0.05) is 17.7 Å². The van der Waals surface area contributed by atoms with Gasteiger partial charge in [0.2, 0.25) is 0 Å². The minimum atomic E-state index is 0.178. The largest absolute Gasteiger partial charge is 0.303 e. The molecule has 0 radical (unpaired) electrons. The Morgan fingerprint density at radius 2 is 1.57 bits per heavy atom. The Labute approximate surface area is 213 Å². The van der Waals surface area contributed by atoms with Gasteiger partial charge in [0.05, 0.1) is 11.4 Å². The van der Waals surface area contributed by atoms with Crippen LogP contribution in [0.5, 0.6) is 0 Å². The molecular weight excluding hydrogens is 424 g/mol. The number of likely N-dealkylation sites (tertiary alicyclic amines) is 1. The van der Waals surface area contributed by atoms with E-state index in [2.05, 4.69) is 111 Å². The van der Waals surface area contributed by atoms with Gasteiger partial charge in [0.1, 0.15) is 0 Å². The third kappa shape index (κ3) is 6.11. The molecule has 0 N–H and O–H groups in total. The average molecular weight is 467 g/mol. The summed E-state index contributed by atoms with van der Waals surface area (Å²) in [5.74, 6) is 0.615. The van der Waals surface area contributed by atoms with Crippen molar-refractivity contribution in [2.24, 2.45) is 10.9 Å². The second-order valence-corrected chi connectivity index (χ2v) is 10.6. The van der Waals surface area contributed by atoms with Gasteiger partial charge in [-0.25, -0.2) is 4.99 Å². The van der Waals surface area contributed by atoms with Crippen molar-refractivity contribution in [3.8, 4) is 0 Å². The maximum Gasteiger partial charge on any atom is 0.0781 e. The van der Waals surface area contributed by atoms with Gasteiger partial charge in [-0.2, -0.15) is 0 Å². The summed E-state index contributed by atoms with van der Waals surface area (Å²) in [5, 5.41) is 0. The molecule has 0 aliphatic carbocycles. The number of hydrogen-bond acceptors (Lipinski definition) is 2. The Hall–Kier alpha value is -2.71. The van der Waals surface area contributed by atoms with E-state index in [4.69, 9.17) is 4.99 Å². The fourth-order valence-corrected chi connectivity index (χ4v) is 5.40. The highest BCUT2D eigenvalue weighted by Crippen LogP contribution is 2.41. The molecule has 1 aliphatic heterocycles. The lowest BCUT2D eigenvalue weighted by Gasteiger charge is -2.45. The summed E-state index contributed by atoms with van der Waals surface area (Å²) in [6, 6.07) is 28.1. The number of aryl methyl sites for hydroxylation is 1. The van der Waals surface area contributed by atoms with E-state index in [0.717, 1.165) is 22.5 Å². The first-order valence-electron chi connectivity index (χ1n) is 13.5. The van der Waals surface area contributed by atoms with Crippen LogP contribution in [0.3, 0.4) is 0 Å². The van der Waals surface area contributed by atoms with E-state index in [1.807, 2.05) is 0 Å². The predicted molar refractivity (Wildman–Crippen MR) is 151 cm³/mol. The highest BCUT2D eigenvalue weighted by atomic mass is 15.1. The smallest absolute Gasteiger partial charge is 0.0781 e. The van der Waals surface area contributed by atoms with Crippen molar-refractivity contribution >= 4 is 11.4 Å². The lowest BCUT2D eigenvalue weighted by molar-refractivity contribution is 0.109. The second kappa shape index (κ2) is 11.8. The summed E-state index contributed by atoms with van der Waals surface area (Å²) < 4.78 is 0. The molecule has 0 amide bonds. The maximum absolute atomic E-state index is 5.29. The predicted octanol–water partition coefficient (Wildman–Crippen LogP) is 8.34. The van der Waals surface area contributed by atoms with Gasteiger partial charge < -0.3 is 4.90 Å². The van der Waals surface area contributed by atoms with Crippen molar-refractivity contribution in [3.63, 3.8) is 0 Å². The molecule has 1 fully saturated rings. The third-order valence-electron chi connectivity index (χ3n) is 8.09. The molecule has 0 saturated carbocycles. The third-order valence-corrected chi connectivity index (χ3v) is 8.09. The monoisotopic (exact) mass is 466 g/mol. The summed E-state index contributed by atoms with van der Waals surface area (Å²) in [7, 11) is 0. The topological polar surface area (TPSA) is 15.6 Å². The normalized spacial score (nSPS) is 20.5. The van der Waals surface area contributed by atoms with Crippen molar-refractivity contribution < 1.29 is 0 Å². The van der Waals surface area contributed by atoms with E-state index in [1.165, 1.54) is 62.9 Å². The Morgan fingerprint density at radius 3 is 2.17 bits per heavy atom. The van der Waals surface area contributed by atoms with Gasteiger partial charge in [0.15, 0.2) is 0 Å². The molecule has 0 bridgehead atoms. The van der Waals surface area contributed by atoms with Crippen molar-refractivity contribution in [2.45, 2.75) is 65.2 Å². The molecular formula is C33H42N2. The average Bonchev–Trinajstić information content (AvgIpc) is 2.89. The number of unbranched alkanes of at least 4 members (excludes halogenated alkanes) is 3. The summed E-state index contributed by atoms with van der Waals surface area (Å²) in [6.45, 7) is 13.0. The molecule has 0 spiro atoms. The molecule has 3 aromatic carbocycles. The highest BCUT2D eigenvalue weighted by molar-refractivity contribution is 6.14. The molecule has 3 aromatic rings. The molecule has 1 aliphatic rings. The first-order chi connectivity index (χ1) is 17.0.